The average Bonchev–Trinajstić information content (AvgIpc) is 3.01. The molecule has 0 saturated heterocycles. The predicted molar refractivity (Wildman–Crippen MR) is 126 cm³/mol. The van der Waals surface area contributed by atoms with Crippen molar-refractivity contribution in [3.05, 3.63) is 82.7 Å². The lowest BCUT2D eigenvalue weighted by atomic mass is 9.93. The zero-order chi connectivity index (χ0) is 26.9. The van der Waals surface area contributed by atoms with Gasteiger partial charge in [-0.1, -0.05) is 30.3 Å². The van der Waals surface area contributed by atoms with Crippen LogP contribution in [0.15, 0.2) is 65.9 Å². The Morgan fingerprint density at radius 1 is 0.973 bits per heavy atom. The van der Waals surface area contributed by atoms with Gasteiger partial charge in [-0.2, -0.15) is 13.2 Å². The topological polar surface area (TPSA) is 107 Å². The van der Waals surface area contributed by atoms with Gasteiger partial charge in [0.15, 0.2) is 17.3 Å². The predicted octanol–water partition coefficient (Wildman–Crippen LogP) is 4.25. The number of ketones is 1. The number of halogens is 3. The highest BCUT2D eigenvalue weighted by atomic mass is 19.4. The number of carbonyl (C=O) groups is 2. The van der Waals surface area contributed by atoms with Gasteiger partial charge in [0.05, 0.1) is 43.9 Å². The maximum Gasteiger partial charge on any atom is 0.431 e. The third-order valence-corrected chi connectivity index (χ3v) is 5.73. The minimum atomic E-state index is -5.14. The number of hydrogen-bond acceptors (Lipinski definition) is 7. The fourth-order valence-corrected chi connectivity index (χ4v) is 3.99. The minimum absolute atomic E-state index is 0.100. The maximum absolute atomic E-state index is 14.0. The van der Waals surface area contributed by atoms with Crippen molar-refractivity contribution in [1.29, 1.82) is 0 Å². The highest BCUT2D eigenvalue weighted by molar-refractivity contribution is 6.11. The second-order valence-electron chi connectivity index (χ2n) is 7.88. The number of pyridine rings is 1. The van der Waals surface area contributed by atoms with Crippen LogP contribution in [0.4, 0.5) is 13.2 Å². The van der Waals surface area contributed by atoms with Crippen LogP contribution in [0.25, 0.3) is 11.3 Å². The van der Waals surface area contributed by atoms with E-state index >= 15 is 0 Å². The number of methoxy groups -OCH3 is 3. The van der Waals surface area contributed by atoms with Crippen LogP contribution in [-0.4, -0.2) is 49.3 Å². The maximum atomic E-state index is 14.0. The van der Waals surface area contributed by atoms with E-state index in [1.54, 1.807) is 23.5 Å². The number of amides is 1. The van der Waals surface area contributed by atoms with Crippen molar-refractivity contribution >= 4 is 11.7 Å². The number of hydrogen-bond donors (Lipinski definition) is 2. The molecule has 8 nitrogen and oxygen atoms in total. The van der Waals surface area contributed by atoms with Gasteiger partial charge in [0.25, 0.3) is 5.91 Å². The van der Waals surface area contributed by atoms with Crippen LogP contribution in [0.2, 0.25) is 0 Å². The number of alkyl halides is 3. The van der Waals surface area contributed by atoms with E-state index in [0.29, 0.717) is 11.3 Å². The molecule has 1 aliphatic rings. The summed E-state index contributed by atoms with van der Waals surface area (Å²) in [7, 11) is 4.24. The van der Waals surface area contributed by atoms with Gasteiger partial charge in [-0.05, 0) is 24.3 Å². The van der Waals surface area contributed by atoms with Crippen LogP contribution >= 0.6 is 0 Å². The zero-order valence-corrected chi connectivity index (χ0v) is 19.8. The third kappa shape index (κ3) is 4.73. The van der Waals surface area contributed by atoms with Crippen molar-refractivity contribution in [3.8, 4) is 28.5 Å². The first kappa shape index (κ1) is 25.7. The number of nitrogens with zero attached hydrogens (tertiary/aromatic N) is 1. The summed E-state index contributed by atoms with van der Waals surface area (Å²) >= 11 is 0. The summed E-state index contributed by atoms with van der Waals surface area (Å²) in [5.41, 5.74) is -2.95. The van der Waals surface area contributed by atoms with Gasteiger partial charge in [-0.3, -0.25) is 9.59 Å². The van der Waals surface area contributed by atoms with Gasteiger partial charge in [0.1, 0.15) is 11.8 Å². The molecule has 4 rings (SSSR count). The summed E-state index contributed by atoms with van der Waals surface area (Å²) in [5, 5.41) is 12.9. The third-order valence-electron chi connectivity index (χ3n) is 5.73. The van der Waals surface area contributed by atoms with Crippen LogP contribution in [0.3, 0.4) is 0 Å². The molecule has 3 aromatic rings. The van der Waals surface area contributed by atoms with E-state index in [-0.39, 0.29) is 28.3 Å². The Morgan fingerprint density at radius 3 is 2.14 bits per heavy atom. The monoisotopic (exact) mass is 514 g/mol. The van der Waals surface area contributed by atoms with Crippen molar-refractivity contribution < 1.29 is 42.1 Å². The lowest BCUT2D eigenvalue weighted by molar-refractivity contribution is -0.0973. The number of carbonyl (C=O) groups excluding carboxylic acids is 2. The number of aliphatic hydroxyl groups is 1. The van der Waals surface area contributed by atoms with Crippen LogP contribution < -0.4 is 19.5 Å². The van der Waals surface area contributed by atoms with Crippen molar-refractivity contribution in [2.75, 3.05) is 21.3 Å². The quantitative estimate of drug-likeness (QED) is 0.474. The number of rotatable bonds is 6. The van der Waals surface area contributed by atoms with Gasteiger partial charge in [0.2, 0.25) is 5.75 Å². The minimum Gasteiger partial charge on any atom is -0.493 e. The first-order valence-electron chi connectivity index (χ1n) is 10.8. The van der Waals surface area contributed by atoms with E-state index in [0.717, 1.165) is 0 Å². The molecule has 0 spiro atoms. The molecule has 0 bridgehead atoms. The molecule has 0 saturated carbocycles. The Labute approximate surface area is 209 Å². The first-order chi connectivity index (χ1) is 17.6. The number of aromatic nitrogens is 1. The molecule has 37 heavy (non-hydrogen) atoms. The molecule has 0 radical (unpaired) electrons. The van der Waals surface area contributed by atoms with Crippen molar-refractivity contribution in [1.82, 2.24) is 10.3 Å². The molecule has 0 aliphatic carbocycles. The van der Waals surface area contributed by atoms with E-state index < -0.39 is 40.9 Å². The second kappa shape index (κ2) is 9.94. The lowest BCUT2D eigenvalue weighted by Crippen LogP contribution is -2.33. The molecule has 0 fully saturated rings. The number of ether oxygens (including phenoxy) is 3. The molecular weight excluding hydrogens is 493 g/mol. The number of aliphatic hydroxyl groups excluding tert-OH is 1. The molecule has 1 amide bonds. The molecule has 1 aliphatic heterocycles. The highest BCUT2D eigenvalue weighted by Gasteiger charge is 2.45. The van der Waals surface area contributed by atoms with Gasteiger partial charge < -0.3 is 24.6 Å². The molecule has 1 unspecified atom stereocenters. The second-order valence-corrected chi connectivity index (χ2v) is 7.88. The van der Waals surface area contributed by atoms with E-state index in [9.17, 15) is 27.9 Å². The van der Waals surface area contributed by atoms with Crippen molar-refractivity contribution in [2.45, 2.75) is 12.3 Å². The van der Waals surface area contributed by atoms with Gasteiger partial charge in [-0.15, -0.1) is 0 Å². The molecule has 2 N–H and O–H groups in total. The largest absolute Gasteiger partial charge is 0.493 e. The van der Waals surface area contributed by atoms with Gasteiger partial charge in [0, 0.05) is 11.1 Å². The van der Waals surface area contributed by atoms with E-state index in [4.69, 9.17) is 14.2 Å². The Balaban J connectivity index is 1.92. The molecular formula is C26H21F3N2O6. The summed E-state index contributed by atoms with van der Waals surface area (Å²) in [4.78, 5) is 30.3. The first-order valence-corrected chi connectivity index (χ1v) is 10.8. The summed E-state index contributed by atoms with van der Waals surface area (Å²) in [6, 6.07) is 12.9. The van der Waals surface area contributed by atoms with Crippen LogP contribution in [-0.2, 0) is 0 Å². The van der Waals surface area contributed by atoms with Gasteiger partial charge >= 0.3 is 6.18 Å². The van der Waals surface area contributed by atoms with Gasteiger partial charge in [-0.25, -0.2) is 4.98 Å². The molecule has 1 atom stereocenters. The van der Waals surface area contributed by atoms with Crippen molar-refractivity contribution in [2.24, 2.45) is 0 Å². The van der Waals surface area contributed by atoms with E-state index in [1.165, 1.54) is 57.7 Å². The normalized spacial score (nSPS) is 15.4. The summed E-state index contributed by atoms with van der Waals surface area (Å²) in [6.45, 7) is 0. The SMILES string of the molecule is COc1cc(-c2ccc3c(n2)C(O)C(C(=O)c2ccccc2)=C(C(F)(F)F)NC3=O)cc(OC)c1OC. The number of allylic oxidation sites excluding steroid dienone is 1. The van der Waals surface area contributed by atoms with Crippen LogP contribution in [0.5, 0.6) is 17.2 Å². The fraction of sp³-hybridized carbons (Fsp3) is 0.192. The van der Waals surface area contributed by atoms with E-state index in [1.807, 2.05) is 0 Å². The number of benzene rings is 2. The van der Waals surface area contributed by atoms with Crippen LogP contribution in [0, 0.1) is 0 Å². The smallest absolute Gasteiger partial charge is 0.431 e. The Bertz CT molecular complexity index is 1380. The Hall–Kier alpha value is -4.38. The number of Topliss-reactive ketones (excluding diaryl/α,β-unsaturated/α-hetero) is 1. The van der Waals surface area contributed by atoms with E-state index in [2.05, 4.69) is 4.98 Å². The summed E-state index contributed by atoms with van der Waals surface area (Å²) in [5.74, 6) is -1.40. The highest BCUT2D eigenvalue weighted by Crippen LogP contribution is 2.42. The average molecular weight is 514 g/mol. The molecule has 192 valence electrons. The molecule has 1 aromatic heterocycles. The Morgan fingerprint density at radius 2 is 1.59 bits per heavy atom. The summed E-state index contributed by atoms with van der Waals surface area (Å²) in [6.07, 6.45) is -7.31. The molecule has 2 heterocycles. The number of nitrogens with one attached hydrogen (secondary N) is 1. The van der Waals surface area contributed by atoms with Crippen molar-refractivity contribution in [3.63, 3.8) is 0 Å². The Kier molecular flexibility index (Phi) is 6.90. The lowest BCUT2D eigenvalue weighted by Gasteiger charge is -2.19. The molecule has 11 heteroatoms. The zero-order valence-electron chi connectivity index (χ0n) is 19.8. The van der Waals surface area contributed by atoms with Crippen LogP contribution in [0.1, 0.15) is 32.5 Å². The molecule has 2 aromatic carbocycles. The fourth-order valence-electron chi connectivity index (χ4n) is 3.99. The number of fused-ring (bicyclic) bond motifs is 1. The summed E-state index contributed by atoms with van der Waals surface area (Å²) < 4.78 is 58.0. The standard InChI is InChI=1S/C26H21F3N2O6/c1-35-17-11-14(12-18(36-2)23(17)37-3)16-10-9-15-20(30-16)22(33)19(21(32)13-7-5-4-6-8-13)24(26(27,28)29)31-25(15)34/h4-12,22,33H,1-3H3,(H,31,34).